The molecular weight excluding hydrogens is 1480 g/mol. The van der Waals surface area contributed by atoms with Crippen LogP contribution < -0.4 is 0 Å². The first-order valence-electron chi connectivity index (χ1n) is 43.5. The predicted molar refractivity (Wildman–Crippen MR) is 522 cm³/mol. The van der Waals surface area contributed by atoms with Crippen molar-refractivity contribution in [3.8, 4) is 122 Å². The number of rotatable bonds is 7. The fourth-order valence-electron chi connectivity index (χ4n) is 23.5. The molecule has 0 aromatic heterocycles. The third-order valence-corrected chi connectivity index (χ3v) is 28.4. The molecule has 0 saturated heterocycles. The molecule has 4 aliphatic rings. The van der Waals surface area contributed by atoms with E-state index in [0.717, 1.165) is 0 Å². The van der Waals surface area contributed by atoms with Gasteiger partial charge in [0.1, 0.15) is 0 Å². The van der Waals surface area contributed by atoms with Crippen LogP contribution in [0.25, 0.3) is 209 Å². The molecule has 1 spiro atoms. The highest BCUT2D eigenvalue weighted by Crippen LogP contribution is 2.65. The molecule has 574 valence electrons. The molecule has 0 N–H and O–H groups in total. The van der Waals surface area contributed by atoms with Gasteiger partial charge >= 0.3 is 0 Å². The summed E-state index contributed by atoms with van der Waals surface area (Å²) in [6.07, 6.45) is 0. The van der Waals surface area contributed by atoms with Crippen molar-refractivity contribution in [1.29, 1.82) is 0 Å². The van der Waals surface area contributed by atoms with E-state index in [1.54, 1.807) is 0 Å². The summed E-state index contributed by atoms with van der Waals surface area (Å²) in [4.78, 5) is 0. The van der Waals surface area contributed by atoms with Gasteiger partial charge in [0.25, 0.3) is 0 Å². The van der Waals surface area contributed by atoms with E-state index in [0.29, 0.717) is 0 Å². The summed E-state index contributed by atoms with van der Waals surface area (Å²) < 4.78 is 0. The van der Waals surface area contributed by atoms with Crippen molar-refractivity contribution < 1.29 is 0 Å². The summed E-state index contributed by atoms with van der Waals surface area (Å²) >= 11 is 0. The minimum Gasteiger partial charge on any atom is -0.0622 e. The van der Waals surface area contributed by atoms with Gasteiger partial charge in [-0.15, -0.1) is 0 Å². The first-order chi connectivity index (χ1) is 60.6. The molecule has 0 unspecified atom stereocenters. The Morgan fingerprint density at radius 2 is 0.366 bits per heavy atom. The monoisotopic (exact) mass is 1560 g/mol. The summed E-state index contributed by atoms with van der Waals surface area (Å²) in [6, 6.07) is 159. The van der Waals surface area contributed by atoms with Gasteiger partial charge in [0.05, 0.1) is 5.41 Å². The number of benzene rings is 22. The van der Waals surface area contributed by atoms with Crippen LogP contribution in [0.3, 0.4) is 0 Å². The fraction of sp³-hybridized carbons (Fsp3) is 0.0569. The normalized spacial score (nSPS) is 13.7. The van der Waals surface area contributed by atoms with Crippen LogP contribution in [0.5, 0.6) is 0 Å². The molecule has 0 fully saturated rings. The van der Waals surface area contributed by atoms with Crippen molar-refractivity contribution in [3.05, 3.63) is 469 Å². The Morgan fingerprint density at radius 3 is 0.732 bits per heavy atom. The quantitative estimate of drug-likeness (QED) is 0.110. The van der Waals surface area contributed by atoms with E-state index in [2.05, 4.69) is 452 Å². The van der Waals surface area contributed by atoms with Crippen molar-refractivity contribution in [2.45, 2.75) is 43.9 Å². The maximum atomic E-state index is 2.55. The molecule has 0 amide bonds. The van der Waals surface area contributed by atoms with Gasteiger partial charge in [0.2, 0.25) is 0 Å². The van der Waals surface area contributed by atoms with Crippen LogP contribution in [-0.4, -0.2) is 0 Å². The standard InChI is InChI=1S/C68H44.C55H38/c1-67(2)60-36-18-32-44(64(60)65-51-26-5-3-21-45(51)46-22-4-10-31-56(46)66(65)67)41-19-17-20-42(39-41)62-52-27-6-8-29-54(52)63(55-30-9-7-28-53(55)62)43-37-38-50-49-25-13-16-35-59(49)68(61(50)40-43)57-33-14-11-23-47(57)48-24-12-15-34-58(48)68;1-55(2)49-32-16-31-40(52(49)53-43-25-8-6-23-41(43)42-24-7-13-30-48(42)54(53)55)37-20-15-22-39(34-37)51-46-28-11-9-26-44(46)50(45-27-10-12-29-47(45)51)38-21-14-19-36(33-38)35-17-4-3-5-18-35/h3-40H,1-2H3;3-34H,1-2H3. The Hall–Kier alpha value is -15.1. The highest BCUT2D eigenvalue weighted by molar-refractivity contribution is 6.26. The summed E-state index contributed by atoms with van der Waals surface area (Å²) in [5.74, 6) is 0. The van der Waals surface area contributed by atoms with Crippen LogP contribution in [0.1, 0.15) is 72.2 Å². The largest absolute Gasteiger partial charge is 0.0725 e. The van der Waals surface area contributed by atoms with E-state index >= 15 is 0 Å². The van der Waals surface area contributed by atoms with Crippen molar-refractivity contribution in [2.75, 3.05) is 0 Å². The SMILES string of the molecule is CC1(C)c2cccc(-c3cccc(-c4c5ccccc5c(-c5ccc6c(c5)C5(c7ccccc7-c7ccccc75)c5ccccc5-6)c5ccccc45)c3)c2-c2c1c1ccccc1c1ccccc21.CC1(C)c2cccc(-c3cccc(-c4c5ccccc5c(-c5cccc(-c6ccccc6)c5)c5ccccc45)c3)c2-c2c1c1ccccc1c1ccccc21. The lowest BCUT2D eigenvalue weighted by atomic mass is 9.70. The van der Waals surface area contributed by atoms with Crippen LogP contribution >= 0.6 is 0 Å². The lowest BCUT2D eigenvalue weighted by molar-refractivity contribution is 0.666. The molecule has 22 aromatic rings. The Balaban J connectivity index is 0.000000138. The van der Waals surface area contributed by atoms with E-state index in [4.69, 9.17) is 0 Å². The molecule has 123 heavy (non-hydrogen) atoms. The molecule has 0 radical (unpaired) electrons. The smallest absolute Gasteiger partial charge is 0.0622 e. The molecule has 26 rings (SSSR count). The van der Waals surface area contributed by atoms with Crippen molar-refractivity contribution in [3.63, 3.8) is 0 Å². The Bertz CT molecular complexity index is 8130. The van der Waals surface area contributed by atoms with Gasteiger partial charge < -0.3 is 0 Å². The highest BCUT2D eigenvalue weighted by Gasteiger charge is 2.52. The van der Waals surface area contributed by atoms with Gasteiger partial charge in [-0.3, -0.25) is 0 Å². The van der Waals surface area contributed by atoms with Crippen molar-refractivity contribution in [2.24, 2.45) is 0 Å². The zero-order chi connectivity index (χ0) is 81.6. The Morgan fingerprint density at radius 1 is 0.130 bits per heavy atom. The third-order valence-electron chi connectivity index (χ3n) is 28.4. The van der Waals surface area contributed by atoms with Crippen LogP contribution in [0, 0.1) is 0 Å². The van der Waals surface area contributed by atoms with Crippen LogP contribution in [0.15, 0.2) is 425 Å². The van der Waals surface area contributed by atoms with Crippen LogP contribution in [-0.2, 0) is 16.2 Å². The van der Waals surface area contributed by atoms with Crippen molar-refractivity contribution in [1.82, 2.24) is 0 Å². The van der Waals surface area contributed by atoms with E-state index < -0.39 is 5.41 Å². The molecular formula is C123H82. The second-order valence-electron chi connectivity index (χ2n) is 35.3. The van der Waals surface area contributed by atoms with Gasteiger partial charge in [-0.2, -0.15) is 0 Å². The van der Waals surface area contributed by atoms with Gasteiger partial charge in [0.15, 0.2) is 0 Å². The Labute approximate surface area is 716 Å². The molecule has 0 bridgehead atoms. The topological polar surface area (TPSA) is 0 Å². The Kier molecular flexibility index (Phi) is 15.5. The van der Waals surface area contributed by atoms with E-state index in [9.17, 15) is 0 Å². The maximum absolute atomic E-state index is 2.55. The second-order valence-corrected chi connectivity index (χ2v) is 35.3. The highest BCUT2D eigenvalue weighted by atomic mass is 14.5. The zero-order valence-corrected chi connectivity index (χ0v) is 68.9. The van der Waals surface area contributed by atoms with E-state index in [1.165, 1.54) is 253 Å². The molecule has 0 heterocycles. The molecule has 0 saturated carbocycles. The summed E-state index contributed by atoms with van der Waals surface area (Å²) in [5, 5.41) is 20.7. The first kappa shape index (κ1) is 70.9. The average molecular weight is 1560 g/mol. The lowest BCUT2D eigenvalue weighted by Crippen LogP contribution is -2.25. The summed E-state index contributed by atoms with van der Waals surface area (Å²) in [7, 11) is 0. The molecule has 0 atom stereocenters. The van der Waals surface area contributed by atoms with Gasteiger partial charge in [-0.05, 0) is 277 Å². The van der Waals surface area contributed by atoms with Crippen LogP contribution in [0.2, 0.25) is 0 Å². The minimum atomic E-state index is -0.409. The predicted octanol–water partition coefficient (Wildman–Crippen LogP) is 33.2. The molecule has 0 nitrogen and oxygen atoms in total. The fourth-order valence-corrected chi connectivity index (χ4v) is 23.5. The summed E-state index contributed by atoms with van der Waals surface area (Å²) in [5.41, 5.74) is 38.7. The lowest BCUT2D eigenvalue weighted by Gasteiger charge is -2.30. The number of hydrogen-bond acceptors (Lipinski definition) is 0. The van der Waals surface area contributed by atoms with E-state index in [1.807, 2.05) is 0 Å². The van der Waals surface area contributed by atoms with Gasteiger partial charge in [0, 0.05) is 10.8 Å². The zero-order valence-electron chi connectivity index (χ0n) is 68.9. The maximum Gasteiger partial charge on any atom is 0.0725 e. The average Bonchev–Trinajstić information content (AvgIpc) is 1.52. The first-order valence-corrected chi connectivity index (χ1v) is 43.5. The van der Waals surface area contributed by atoms with Gasteiger partial charge in [-0.1, -0.05) is 428 Å². The molecule has 4 aliphatic carbocycles. The molecule has 22 aromatic carbocycles. The van der Waals surface area contributed by atoms with Crippen LogP contribution in [0.4, 0.5) is 0 Å². The second kappa shape index (κ2) is 27.0. The van der Waals surface area contributed by atoms with E-state index in [-0.39, 0.29) is 10.8 Å². The van der Waals surface area contributed by atoms with Crippen molar-refractivity contribution >= 4 is 86.2 Å². The number of hydrogen-bond donors (Lipinski definition) is 0. The molecule has 0 aliphatic heterocycles. The number of fused-ring (bicyclic) bond motifs is 30. The summed E-state index contributed by atoms with van der Waals surface area (Å²) in [6.45, 7) is 9.66. The minimum absolute atomic E-state index is 0.151. The third kappa shape index (κ3) is 10.1. The van der Waals surface area contributed by atoms with Gasteiger partial charge in [-0.25, -0.2) is 0 Å². The molecule has 0 heteroatoms.